The van der Waals surface area contributed by atoms with Crippen molar-refractivity contribution in [2.24, 2.45) is 0 Å². The predicted octanol–water partition coefficient (Wildman–Crippen LogP) is 3.35. The van der Waals surface area contributed by atoms with Gasteiger partial charge in [-0.05, 0) is 69.1 Å². The summed E-state index contributed by atoms with van der Waals surface area (Å²) < 4.78 is 28.5. The van der Waals surface area contributed by atoms with Crippen molar-refractivity contribution in [3.8, 4) is 5.75 Å². The number of benzene rings is 2. The fourth-order valence-electron chi connectivity index (χ4n) is 3.80. The smallest absolute Gasteiger partial charge is 0.341 e. The van der Waals surface area contributed by atoms with Crippen LogP contribution in [-0.4, -0.2) is 55.7 Å². The number of aryl methyl sites for hydroxylation is 1. The predicted molar refractivity (Wildman–Crippen MR) is 120 cm³/mol. The molecule has 3 rings (SSSR count). The number of nitrogens with one attached hydrogen (secondary N) is 2. The maximum absolute atomic E-state index is 13.1. The van der Waals surface area contributed by atoms with E-state index in [1.807, 2.05) is 0 Å². The number of aromatic carboxylic acids is 1. The molecule has 1 aliphatic rings. The quantitative estimate of drug-likeness (QED) is 0.412. The van der Waals surface area contributed by atoms with Crippen LogP contribution in [0.25, 0.3) is 0 Å². The maximum Gasteiger partial charge on any atom is 0.341 e. The second-order valence-electron chi connectivity index (χ2n) is 7.59. The molecule has 0 atom stereocenters. The molecular weight excluding hydrogens is 418 g/mol. The van der Waals surface area contributed by atoms with Crippen LogP contribution in [0.1, 0.15) is 42.1 Å². The molecule has 0 bridgehead atoms. The number of phenols is 1. The molecule has 9 heteroatoms. The number of hydrogen-bond acceptors (Lipinski definition) is 6. The Morgan fingerprint density at radius 1 is 1.10 bits per heavy atom. The van der Waals surface area contributed by atoms with E-state index in [-0.39, 0.29) is 10.6 Å². The summed E-state index contributed by atoms with van der Waals surface area (Å²) in [5, 5.41) is 23.0. The lowest BCUT2D eigenvalue weighted by Crippen LogP contribution is -2.23. The van der Waals surface area contributed by atoms with Gasteiger partial charge in [0.2, 0.25) is 0 Å². The normalized spacial score (nSPS) is 14.5. The Balaban J connectivity index is 1.78. The maximum atomic E-state index is 13.1. The van der Waals surface area contributed by atoms with Crippen molar-refractivity contribution >= 4 is 27.4 Å². The van der Waals surface area contributed by atoms with Gasteiger partial charge in [0.15, 0.2) is 0 Å². The van der Waals surface area contributed by atoms with Gasteiger partial charge < -0.3 is 20.4 Å². The molecule has 4 N–H and O–H groups in total. The molecule has 0 aliphatic carbocycles. The van der Waals surface area contributed by atoms with Gasteiger partial charge in [0.1, 0.15) is 16.2 Å². The molecule has 1 saturated heterocycles. The number of hydrogen-bond donors (Lipinski definition) is 4. The lowest BCUT2D eigenvalue weighted by Gasteiger charge is -2.17. The summed E-state index contributed by atoms with van der Waals surface area (Å²) in [6.45, 7) is 5.59. The van der Waals surface area contributed by atoms with E-state index in [2.05, 4.69) is 14.9 Å². The highest BCUT2D eigenvalue weighted by Gasteiger charge is 2.24. The minimum Gasteiger partial charge on any atom is -0.507 e. The van der Waals surface area contributed by atoms with Crippen LogP contribution in [0.4, 0.5) is 11.4 Å². The third-order valence-electron chi connectivity index (χ3n) is 5.44. The van der Waals surface area contributed by atoms with Crippen LogP contribution in [0, 0.1) is 0 Å². The van der Waals surface area contributed by atoms with E-state index in [4.69, 9.17) is 0 Å². The van der Waals surface area contributed by atoms with Crippen molar-refractivity contribution in [2.45, 2.75) is 37.5 Å². The van der Waals surface area contributed by atoms with Crippen molar-refractivity contribution in [1.82, 2.24) is 4.90 Å². The van der Waals surface area contributed by atoms with Gasteiger partial charge in [0, 0.05) is 6.54 Å². The largest absolute Gasteiger partial charge is 0.507 e. The summed E-state index contributed by atoms with van der Waals surface area (Å²) >= 11 is 0. The summed E-state index contributed by atoms with van der Waals surface area (Å²) in [7, 11) is -4.09. The number of para-hydroxylation sites is 1. The summed E-state index contributed by atoms with van der Waals surface area (Å²) in [5.41, 5.74) is 0.244. The van der Waals surface area contributed by atoms with Crippen molar-refractivity contribution in [3.63, 3.8) is 0 Å². The van der Waals surface area contributed by atoms with Gasteiger partial charge in [-0.1, -0.05) is 25.1 Å². The molecule has 0 spiro atoms. The van der Waals surface area contributed by atoms with E-state index in [1.165, 1.54) is 31.0 Å². The number of likely N-dealkylation sites (tertiary alicyclic amines) is 1. The number of carboxylic acids is 1. The lowest BCUT2D eigenvalue weighted by atomic mass is 10.1. The molecule has 8 nitrogen and oxygen atoms in total. The molecule has 31 heavy (non-hydrogen) atoms. The van der Waals surface area contributed by atoms with E-state index in [0.717, 1.165) is 26.1 Å². The van der Waals surface area contributed by atoms with Crippen molar-refractivity contribution in [3.05, 3.63) is 47.5 Å². The monoisotopic (exact) mass is 447 g/mol. The fraction of sp³-hybridized carbons (Fsp3) is 0.409. The van der Waals surface area contributed by atoms with Gasteiger partial charge in [-0.2, -0.15) is 0 Å². The van der Waals surface area contributed by atoms with Gasteiger partial charge in [0.05, 0.1) is 11.4 Å². The SMILES string of the molecule is CCc1ccc(NS(=O)(=O)c2ccccc2NCCCN2CCCC2)c(C(=O)O)c1O. The molecular formula is C22H29N3O5S. The zero-order valence-corrected chi connectivity index (χ0v) is 18.4. The Morgan fingerprint density at radius 2 is 1.81 bits per heavy atom. The molecule has 1 aliphatic heterocycles. The molecule has 0 aromatic heterocycles. The summed E-state index contributed by atoms with van der Waals surface area (Å²) in [6, 6.07) is 9.38. The highest BCUT2D eigenvalue weighted by Crippen LogP contribution is 2.32. The van der Waals surface area contributed by atoms with E-state index in [0.29, 0.717) is 24.2 Å². The first-order valence-electron chi connectivity index (χ1n) is 10.5. The van der Waals surface area contributed by atoms with Crippen LogP contribution >= 0.6 is 0 Å². The average Bonchev–Trinajstić information content (AvgIpc) is 3.25. The Hall–Kier alpha value is -2.78. The Labute approximate surface area is 183 Å². The van der Waals surface area contributed by atoms with Crippen molar-refractivity contribution in [1.29, 1.82) is 0 Å². The Kier molecular flexibility index (Phi) is 7.40. The first kappa shape index (κ1) is 22.9. The zero-order valence-electron chi connectivity index (χ0n) is 17.6. The van der Waals surface area contributed by atoms with Gasteiger partial charge in [-0.25, -0.2) is 13.2 Å². The Morgan fingerprint density at radius 3 is 2.48 bits per heavy atom. The van der Waals surface area contributed by atoms with Crippen LogP contribution < -0.4 is 10.0 Å². The highest BCUT2D eigenvalue weighted by molar-refractivity contribution is 7.92. The third kappa shape index (κ3) is 5.48. The van der Waals surface area contributed by atoms with E-state index >= 15 is 0 Å². The van der Waals surface area contributed by atoms with Crippen LogP contribution in [-0.2, 0) is 16.4 Å². The first-order valence-corrected chi connectivity index (χ1v) is 12.0. The van der Waals surface area contributed by atoms with Gasteiger partial charge in [-0.15, -0.1) is 0 Å². The molecule has 0 amide bonds. The average molecular weight is 448 g/mol. The standard InChI is InChI=1S/C22H29N3O5S/c1-2-16-10-11-18(20(21(16)26)22(27)28)24-31(29,30)19-9-4-3-8-17(19)23-12-7-15-25-13-5-6-14-25/h3-4,8-11,23-24,26H,2,5-7,12-15H2,1H3,(H,27,28). The molecule has 168 valence electrons. The highest BCUT2D eigenvalue weighted by atomic mass is 32.2. The van der Waals surface area contributed by atoms with Crippen LogP contribution in [0.3, 0.4) is 0 Å². The fourth-order valence-corrected chi connectivity index (χ4v) is 5.06. The van der Waals surface area contributed by atoms with Crippen LogP contribution in [0.5, 0.6) is 5.75 Å². The summed E-state index contributed by atoms with van der Waals surface area (Å²) in [4.78, 5) is 14.1. The molecule has 2 aromatic carbocycles. The number of sulfonamides is 1. The van der Waals surface area contributed by atoms with E-state index in [1.54, 1.807) is 25.1 Å². The molecule has 0 radical (unpaired) electrons. The number of carboxylic acid groups (broad SMARTS) is 1. The molecule has 2 aromatic rings. The minimum atomic E-state index is -4.09. The van der Waals surface area contributed by atoms with E-state index in [9.17, 15) is 23.4 Å². The molecule has 0 unspecified atom stereocenters. The Bertz CT molecular complexity index is 1030. The number of rotatable bonds is 10. The number of anilines is 2. The molecule has 1 fully saturated rings. The van der Waals surface area contributed by atoms with Crippen molar-refractivity contribution in [2.75, 3.05) is 36.2 Å². The van der Waals surface area contributed by atoms with Crippen LogP contribution in [0.15, 0.2) is 41.3 Å². The molecule has 0 saturated carbocycles. The third-order valence-corrected chi connectivity index (χ3v) is 6.87. The van der Waals surface area contributed by atoms with Gasteiger partial charge in [0.25, 0.3) is 10.0 Å². The zero-order chi connectivity index (χ0) is 22.4. The minimum absolute atomic E-state index is 0.0200. The number of aromatic hydroxyl groups is 1. The first-order chi connectivity index (χ1) is 14.8. The lowest BCUT2D eigenvalue weighted by molar-refractivity contribution is 0.0694. The number of nitrogens with zero attached hydrogens (tertiary/aromatic N) is 1. The van der Waals surface area contributed by atoms with Crippen molar-refractivity contribution < 1.29 is 23.4 Å². The second kappa shape index (κ2) is 10.0. The van der Waals surface area contributed by atoms with E-state index < -0.39 is 27.3 Å². The molecule has 1 heterocycles. The second-order valence-corrected chi connectivity index (χ2v) is 9.24. The number of carbonyl (C=O) groups is 1. The van der Waals surface area contributed by atoms with Crippen LogP contribution in [0.2, 0.25) is 0 Å². The van der Waals surface area contributed by atoms with Gasteiger partial charge in [-0.3, -0.25) is 4.72 Å². The van der Waals surface area contributed by atoms with Gasteiger partial charge >= 0.3 is 5.97 Å². The topological polar surface area (TPSA) is 119 Å². The summed E-state index contributed by atoms with van der Waals surface area (Å²) in [5.74, 6) is -1.83. The summed E-state index contributed by atoms with van der Waals surface area (Å²) in [6.07, 6.45) is 3.77.